The summed E-state index contributed by atoms with van der Waals surface area (Å²) in [4.78, 5) is 22.7. The lowest BCUT2D eigenvalue weighted by Crippen LogP contribution is -2.42. The van der Waals surface area contributed by atoms with Crippen LogP contribution >= 0.6 is 0 Å². The molecule has 2 aromatic carbocycles. The molecule has 0 aliphatic carbocycles. The molecule has 0 aliphatic heterocycles. The lowest BCUT2D eigenvalue weighted by atomic mass is 9.85. The fourth-order valence-corrected chi connectivity index (χ4v) is 2.34. The van der Waals surface area contributed by atoms with Gasteiger partial charge in [-0.1, -0.05) is 60.7 Å². The van der Waals surface area contributed by atoms with Gasteiger partial charge in [0.1, 0.15) is 5.54 Å². The van der Waals surface area contributed by atoms with E-state index >= 15 is 0 Å². The predicted octanol–water partition coefficient (Wildman–Crippen LogP) is 3.17. The Hall–Kier alpha value is -2.66. The van der Waals surface area contributed by atoms with Crippen molar-refractivity contribution in [2.24, 2.45) is 5.73 Å². The molecule has 0 unspecified atom stereocenters. The SMILES string of the molecule is COC(=O)C(C)(C)c1ccccc1.COC(=O)[C@](C)(N)c1ccccc1. The molecule has 0 saturated carbocycles. The van der Waals surface area contributed by atoms with E-state index in [2.05, 4.69) is 4.74 Å². The van der Waals surface area contributed by atoms with Crippen molar-refractivity contribution in [3.63, 3.8) is 0 Å². The van der Waals surface area contributed by atoms with Gasteiger partial charge in [0.15, 0.2) is 0 Å². The molecular formula is C21H27NO4. The van der Waals surface area contributed by atoms with E-state index in [1.54, 1.807) is 19.1 Å². The molecule has 2 aromatic rings. The molecule has 26 heavy (non-hydrogen) atoms. The van der Waals surface area contributed by atoms with Crippen molar-refractivity contribution < 1.29 is 19.1 Å². The first-order valence-electron chi connectivity index (χ1n) is 8.24. The quantitative estimate of drug-likeness (QED) is 0.850. The summed E-state index contributed by atoms with van der Waals surface area (Å²) in [6, 6.07) is 18.8. The van der Waals surface area contributed by atoms with Crippen LogP contribution in [-0.4, -0.2) is 26.2 Å². The summed E-state index contributed by atoms with van der Waals surface area (Å²) < 4.78 is 9.34. The Morgan fingerprint density at radius 1 is 0.731 bits per heavy atom. The third-order valence-electron chi connectivity index (χ3n) is 4.17. The van der Waals surface area contributed by atoms with E-state index in [0.29, 0.717) is 0 Å². The molecule has 0 bridgehead atoms. The third-order valence-corrected chi connectivity index (χ3v) is 4.17. The molecule has 2 N–H and O–H groups in total. The van der Waals surface area contributed by atoms with Crippen LogP contribution in [0.2, 0.25) is 0 Å². The molecule has 0 saturated heterocycles. The zero-order valence-corrected chi connectivity index (χ0v) is 16.0. The van der Waals surface area contributed by atoms with Crippen LogP contribution in [0.25, 0.3) is 0 Å². The van der Waals surface area contributed by atoms with E-state index < -0.39 is 16.9 Å². The van der Waals surface area contributed by atoms with Crippen LogP contribution in [-0.2, 0) is 30.0 Å². The minimum absolute atomic E-state index is 0.210. The average Bonchev–Trinajstić information content (AvgIpc) is 2.68. The van der Waals surface area contributed by atoms with Crippen molar-refractivity contribution >= 4 is 11.9 Å². The first-order valence-corrected chi connectivity index (χ1v) is 8.24. The summed E-state index contributed by atoms with van der Waals surface area (Å²) in [5.74, 6) is -0.641. The number of ether oxygens (including phenoxy) is 2. The number of esters is 2. The van der Waals surface area contributed by atoms with Gasteiger partial charge in [0, 0.05) is 0 Å². The summed E-state index contributed by atoms with van der Waals surface area (Å²) in [5.41, 5.74) is 5.92. The van der Waals surface area contributed by atoms with Crippen molar-refractivity contribution in [2.75, 3.05) is 14.2 Å². The summed E-state index contributed by atoms with van der Waals surface area (Å²) in [6.45, 7) is 5.34. The van der Waals surface area contributed by atoms with Gasteiger partial charge in [0.05, 0.1) is 19.6 Å². The normalized spacial score (nSPS) is 12.8. The molecule has 1 atom stereocenters. The van der Waals surface area contributed by atoms with E-state index in [1.165, 1.54) is 14.2 Å². The van der Waals surface area contributed by atoms with E-state index in [-0.39, 0.29) is 5.97 Å². The van der Waals surface area contributed by atoms with Crippen molar-refractivity contribution in [1.29, 1.82) is 0 Å². The van der Waals surface area contributed by atoms with Crippen LogP contribution in [0.3, 0.4) is 0 Å². The molecule has 5 nitrogen and oxygen atoms in total. The van der Waals surface area contributed by atoms with Gasteiger partial charge in [0.2, 0.25) is 0 Å². The highest BCUT2D eigenvalue weighted by Gasteiger charge is 2.31. The molecule has 0 radical (unpaired) electrons. The number of benzene rings is 2. The summed E-state index contributed by atoms with van der Waals surface area (Å²) in [5, 5.41) is 0. The highest BCUT2D eigenvalue weighted by Crippen LogP contribution is 2.23. The van der Waals surface area contributed by atoms with Crippen LogP contribution in [0.1, 0.15) is 31.9 Å². The van der Waals surface area contributed by atoms with Gasteiger partial charge < -0.3 is 15.2 Å². The van der Waals surface area contributed by atoms with Crippen molar-refractivity contribution in [3.05, 3.63) is 71.8 Å². The first kappa shape index (κ1) is 21.4. The van der Waals surface area contributed by atoms with Gasteiger partial charge in [-0.3, -0.25) is 4.79 Å². The van der Waals surface area contributed by atoms with Crippen molar-refractivity contribution in [3.8, 4) is 0 Å². The lowest BCUT2D eigenvalue weighted by molar-refractivity contribution is -0.147. The summed E-state index contributed by atoms with van der Waals surface area (Å²) >= 11 is 0. The predicted molar refractivity (Wildman–Crippen MR) is 101 cm³/mol. The number of nitrogens with two attached hydrogens (primary N) is 1. The zero-order chi connectivity index (χ0) is 19.8. The molecule has 0 fully saturated rings. The maximum absolute atomic E-state index is 11.4. The van der Waals surface area contributed by atoms with Crippen LogP contribution < -0.4 is 5.73 Å². The van der Waals surface area contributed by atoms with Crippen LogP contribution in [0, 0.1) is 0 Å². The van der Waals surface area contributed by atoms with Gasteiger partial charge in [-0.25, -0.2) is 4.79 Å². The Morgan fingerprint density at radius 2 is 1.12 bits per heavy atom. The highest BCUT2D eigenvalue weighted by molar-refractivity contribution is 5.82. The number of hydrogen-bond donors (Lipinski definition) is 1. The van der Waals surface area contributed by atoms with E-state index in [9.17, 15) is 9.59 Å². The molecular weight excluding hydrogens is 330 g/mol. The Bertz CT molecular complexity index is 646. The molecule has 0 amide bonds. The number of rotatable bonds is 4. The van der Waals surface area contributed by atoms with E-state index in [0.717, 1.165) is 11.1 Å². The summed E-state index contributed by atoms with van der Waals surface area (Å²) in [7, 11) is 2.74. The number of methoxy groups -OCH3 is 2. The lowest BCUT2D eigenvalue weighted by Gasteiger charge is -2.21. The van der Waals surface area contributed by atoms with E-state index in [1.807, 2.05) is 62.4 Å². The monoisotopic (exact) mass is 357 g/mol. The number of carbonyl (C=O) groups is 2. The molecule has 2 rings (SSSR count). The largest absolute Gasteiger partial charge is 0.468 e. The third kappa shape index (κ3) is 5.17. The second kappa shape index (κ2) is 9.15. The molecule has 0 spiro atoms. The molecule has 0 heterocycles. The van der Waals surface area contributed by atoms with Crippen molar-refractivity contribution in [1.82, 2.24) is 0 Å². The summed E-state index contributed by atoms with van der Waals surface area (Å²) in [6.07, 6.45) is 0. The van der Waals surface area contributed by atoms with Crippen LogP contribution in [0.5, 0.6) is 0 Å². The molecule has 140 valence electrons. The van der Waals surface area contributed by atoms with Gasteiger partial charge in [-0.15, -0.1) is 0 Å². The minimum atomic E-state index is -1.06. The van der Waals surface area contributed by atoms with Gasteiger partial charge in [-0.05, 0) is 31.9 Å². The maximum atomic E-state index is 11.4. The average molecular weight is 357 g/mol. The fourth-order valence-electron chi connectivity index (χ4n) is 2.34. The standard InChI is InChI=1S/C11H14O2.C10H13NO2/c1-11(2,10(12)13-3)9-7-5-4-6-8-9;1-10(11,9(12)13-2)8-6-4-3-5-7-8/h4-8H,1-3H3;3-7H,11H2,1-2H3/t;10-/m.1/s1. The van der Waals surface area contributed by atoms with Crippen LogP contribution in [0.4, 0.5) is 0 Å². The number of hydrogen-bond acceptors (Lipinski definition) is 5. The highest BCUT2D eigenvalue weighted by atomic mass is 16.5. The Morgan fingerprint density at radius 3 is 1.50 bits per heavy atom. The molecule has 5 heteroatoms. The van der Waals surface area contributed by atoms with Gasteiger partial charge >= 0.3 is 11.9 Å². The maximum Gasteiger partial charge on any atom is 0.330 e. The smallest absolute Gasteiger partial charge is 0.330 e. The Balaban J connectivity index is 0.000000260. The van der Waals surface area contributed by atoms with Gasteiger partial charge in [-0.2, -0.15) is 0 Å². The number of carbonyl (C=O) groups excluding carboxylic acids is 2. The fraction of sp³-hybridized carbons (Fsp3) is 0.333. The topological polar surface area (TPSA) is 78.6 Å². The molecule has 0 aromatic heterocycles. The van der Waals surface area contributed by atoms with Crippen molar-refractivity contribution in [2.45, 2.75) is 31.7 Å². The minimum Gasteiger partial charge on any atom is -0.468 e. The Labute approximate surface area is 155 Å². The van der Waals surface area contributed by atoms with E-state index in [4.69, 9.17) is 10.5 Å². The van der Waals surface area contributed by atoms with Gasteiger partial charge in [0.25, 0.3) is 0 Å². The Kier molecular flexibility index (Phi) is 7.53. The zero-order valence-electron chi connectivity index (χ0n) is 16.0. The second-order valence-corrected chi connectivity index (χ2v) is 6.54. The first-order chi connectivity index (χ1) is 12.2. The second-order valence-electron chi connectivity index (χ2n) is 6.54. The van der Waals surface area contributed by atoms with Crippen LogP contribution in [0.15, 0.2) is 60.7 Å². The molecule has 0 aliphatic rings.